The molecule has 1 aromatic heterocycles. The molecule has 0 N–H and O–H groups in total. The lowest BCUT2D eigenvalue weighted by molar-refractivity contribution is -0.145. The summed E-state index contributed by atoms with van der Waals surface area (Å²) in [6, 6.07) is 8.65. The van der Waals surface area contributed by atoms with Crippen LogP contribution in [0.3, 0.4) is 0 Å². The number of alkyl halides is 1. The normalized spacial score (nSPS) is 20.5. The van der Waals surface area contributed by atoms with E-state index in [-0.39, 0.29) is 19.0 Å². The first-order valence-electron chi connectivity index (χ1n) is 9.20. The van der Waals surface area contributed by atoms with Gasteiger partial charge in [0.15, 0.2) is 6.61 Å². The number of hydrogen-bond donors (Lipinski definition) is 0. The monoisotopic (exact) mass is 528 g/mol. The molecule has 1 unspecified atom stereocenters. The molecule has 0 spiro atoms. The van der Waals surface area contributed by atoms with Gasteiger partial charge in [-0.3, -0.25) is 4.79 Å². The van der Waals surface area contributed by atoms with Gasteiger partial charge in [-0.25, -0.2) is 4.79 Å². The van der Waals surface area contributed by atoms with Gasteiger partial charge in [-0.2, -0.15) is 0 Å². The molecule has 1 aromatic carbocycles. The van der Waals surface area contributed by atoms with Gasteiger partial charge < -0.3 is 18.8 Å². The van der Waals surface area contributed by atoms with Crippen molar-refractivity contribution < 1.29 is 28.4 Å². The summed E-state index contributed by atoms with van der Waals surface area (Å²) in [6.45, 7) is 7.64. The standard InChI is InChI=1S/C20H22BIO6S/c1-5-25-17(23)12-26-13-8-9-14(18(24)16-7-6-10-29-16)15(11-13)21-27-19(2,3)20(4,22)28-21/h6-11H,5,12H2,1-4H3. The zero-order chi connectivity index (χ0) is 21.2. The Morgan fingerprint density at radius 2 is 1.97 bits per heavy atom. The molecule has 1 fully saturated rings. The van der Waals surface area contributed by atoms with Crippen molar-refractivity contribution >= 4 is 58.3 Å². The number of rotatable bonds is 7. The Bertz CT molecular complexity index is 880. The molecular weight excluding hydrogens is 506 g/mol. The van der Waals surface area contributed by atoms with Gasteiger partial charge in [-0.1, -0.05) is 6.07 Å². The lowest BCUT2D eigenvalue weighted by atomic mass is 9.74. The average Bonchev–Trinajstić information content (AvgIpc) is 3.26. The molecule has 0 radical (unpaired) electrons. The number of benzene rings is 1. The second kappa shape index (κ2) is 8.75. The Morgan fingerprint density at radius 1 is 1.21 bits per heavy atom. The average molecular weight is 528 g/mol. The van der Waals surface area contributed by atoms with Gasteiger partial charge >= 0.3 is 13.1 Å². The van der Waals surface area contributed by atoms with Crippen LogP contribution in [-0.4, -0.2) is 41.3 Å². The Hall–Kier alpha value is -1.43. The van der Waals surface area contributed by atoms with Crippen molar-refractivity contribution in [3.05, 3.63) is 46.2 Å². The highest BCUT2D eigenvalue weighted by molar-refractivity contribution is 14.1. The van der Waals surface area contributed by atoms with Gasteiger partial charge in [0.05, 0.1) is 17.1 Å². The second-order valence-electron chi connectivity index (χ2n) is 7.14. The van der Waals surface area contributed by atoms with E-state index in [0.29, 0.717) is 21.7 Å². The molecule has 1 saturated heterocycles. The fraction of sp³-hybridized carbons (Fsp3) is 0.400. The van der Waals surface area contributed by atoms with Crippen molar-refractivity contribution in [3.63, 3.8) is 0 Å². The number of halogens is 1. The first-order valence-corrected chi connectivity index (χ1v) is 11.2. The maximum atomic E-state index is 13.1. The van der Waals surface area contributed by atoms with E-state index in [4.69, 9.17) is 18.8 Å². The van der Waals surface area contributed by atoms with E-state index in [1.165, 1.54) is 11.3 Å². The summed E-state index contributed by atoms with van der Waals surface area (Å²) in [4.78, 5) is 25.3. The lowest BCUT2D eigenvalue weighted by Gasteiger charge is -2.30. The molecular formula is C20H22BIO6S. The molecule has 0 amide bonds. The Labute approximate surface area is 188 Å². The van der Waals surface area contributed by atoms with Crippen LogP contribution in [0.5, 0.6) is 5.75 Å². The summed E-state index contributed by atoms with van der Waals surface area (Å²) in [5.41, 5.74) is 0.479. The van der Waals surface area contributed by atoms with Crippen LogP contribution in [0, 0.1) is 0 Å². The molecule has 154 valence electrons. The van der Waals surface area contributed by atoms with Crippen LogP contribution < -0.4 is 10.2 Å². The van der Waals surface area contributed by atoms with Gasteiger partial charge in [0.1, 0.15) is 9.36 Å². The minimum Gasteiger partial charge on any atom is -0.482 e. The van der Waals surface area contributed by atoms with Crippen molar-refractivity contribution in [1.29, 1.82) is 0 Å². The van der Waals surface area contributed by atoms with Crippen LogP contribution in [0.4, 0.5) is 0 Å². The lowest BCUT2D eigenvalue weighted by Crippen LogP contribution is -2.39. The Balaban J connectivity index is 1.94. The third-order valence-corrected chi connectivity index (χ3v) is 7.16. The minimum absolute atomic E-state index is 0.112. The van der Waals surface area contributed by atoms with Crippen molar-refractivity contribution in [2.75, 3.05) is 13.2 Å². The molecule has 0 bridgehead atoms. The smallest absolute Gasteiger partial charge is 0.482 e. The van der Waals surface area contributed by atoms with E-state index in [9.17, 15) is 9.59 Å². The summed E-state index contributed by atoms with van der Waals surface area (Å²) in [7, 11) is -0.739. The Morgan fingerprint density at radius 3 is 2.55 bits per heavy atom. The van der Waals surface area contributed by atoms with E-state index in [0.717, 1.165) is 0 Å². The van der Waals surface area contributed by atoms with Gasteiger partial charge in [0, 0.05) is 5.56 Å². The summed E-state index contributed by atoms with van der Waals surface area (Å²) < 4.78 is 22.2. The number of thiophene rings is 1. The predicted octanol–water partition coefficient (Wildman–Crippen LogP) is 3.59. The maximum absolute atomic E-state index is 13.1. The first-order chi connectivity index (χ1) is 13.6. The summed E-state index contributed by atoms with van der Waals surface area (Å²) in [6.07, 6.45) is 0. The van der Waals surface area contributed by atoms with Crippen LogP contribution in [0.1, 0.15) is 42.9 Å². The fourth-order valence-corrected chi connectivity index (χ4v) is 3.82. The van der Waals surface area contributed by atoms with Crippen molar-refractivity contribution in [1.82, 2.24) is 0 Å². The third kappa shape index (κ3) is 4.84. The Kier molecular flexibility index (Phi) is 6.72. The van der Waals surface area contributed by atoms with Crippen LogP contribution in [0.2, 0.25) is 0 Å². The molecule has 3 rings (SSSR count). The zero-order valence-electron chi connectivity index (χ0n) is 16.7. The van der Waals surface area contributed by atoms with Crippen LogP contribution in [0.25, 0.3) is 0 Å². The minimum atomic E-state index is -0.739. The highest BCUT2D eigenvalue weighted by Crippen LogP contribution is 2.42. The van der Waals surface area contributed by atoms with Gasteiger partial charge in [0.2, 0.25) is 5.78 Å². The quantitative estimate of drug-likeness (QED) is 0.180. The highest BCUT2D eigenvalue weighted by atomic mass is 127. The molecule has 2 heterocycles. The molecule has 29 heavy (non-hydrogen) atoms. The largest absolute Gasteiger partial charge is 0.496 e. The predicted molar refractivity (Wildman–Crippen MR) is 120 cm³/mol. The van der Waals surface area contributed by atoms with Crippen LogP contribution >= 0.6 is 33.9 Å². The number of ether oxygens (including phenoxy) is 2. The number of ketones is 1. The molecule has 6 nitrogen and oxygen atoms in total. The molecule has 9 heteroatoms. The molecule has 1 aliphatic rings. The van der Waals surface area contributed by atoms with Gasteiger partial charge in [-0.15, -0.1) is 11.3 Å². The molecule has 0 saturated carbocycles. The number of hydrogen-bond acceptors (Lipinski definition) is 7. The maximum Gasteiger partial charge on any atom is 0.496 e. The van der Waals surface area contributed by atoms with E-state index in [2.05, 4.69) is 22.6 Å². The fourth-order valence-electron chi connectivity index (χ4n) is 2.78. The number of carbonyl (C=O) groups excluding carboxylic acids is 2. The first kappa shape index (κ1) is 22.3. The SMILES string of the molecule is CCOC(=O)COc1ccc(C(=O)c2cccs2)c(B2OC(C)(C)C(C)(I)O2)c1. The van der Waals surface area contributed by atoms with Gasteiger partial charge in [0.25, 0.3) is 0 Å². The van der Waals surface area contributed by atoms with Crippen LogP contribution in [-0.2, 0) is 18.8 Å². The van der Waals surface area contributed by atoms with E-state index < -0.39 is 22.3 Å². The summed E-state index contributed by atoms with van der Waals surface area (Å²) in [5, 5.41) is 1.86. The van der Waals surface area contributed by atoms with E-state index >= 15 is 0 Å². The molecule has 1 aliphatic heterocycles. The number of carbonyl (C=O) groups is 2. The van der Waals surface area contributed by atoms with Crippen molar-refractivity contribution in [2.24, 2.45) is 0 Å². The van der Waals surface area contributed by atoms with Crippen molar-refractivity contribution in [3.8, 4) is 5.75 Å². The highest BCUT2D eigenvalue weighted by Gasteiger charge is 2.54. The van der Waals surface area contributed by atoms with E-state index in [1.54, 1.807) is 31.2 Å². The molecule has 0 aliphatic carbocycles. The summed E-state index contributed by atoms with van der Waals surface area (Å²) in [5.74, 6) is -0.135. The van der Waals surface area contributed by atoms with Gasteiger partial charge in [-0.05, 0) is 85.4 Å². The topological polar surface area (TPSA) is 71.1 Å². The molecule has 2 aromatic rings. The van der Waals surface area contributed by atoms with Crippen molar-refractivity contribution in [2.45, 2.75) is 36.9 Å². The second-order valence-corrected chi connectivity index (χ2v) is 10.2. The molecule has 1 atom stereocenters. The van der Waals surface area contributed by atoms with E-state index in [1.807, 2.05) is 32.2 Å². The zero-order valence-corrected chi connectivity index (χ0v) is 19.7. The van der Waals surface area contributed by atoms with Crippen LogP contribution in [0.15, 0.2) is 35.7 Å². The summed E-state index contributed by atoms with van der Waals surface area (Å²) >= 11 is 3.59. The number of esters is 1. The third-order valence-electron chi connectivity index (χ3n) is 4.73.